The van der Waals surface area contributed by atoms with Crippen molar-refractivity contribution >= 4 is 17.6 Å². The lowest BCUT2D eigenvalue weighted by Gasteiger charge is -2.28. The van der Waals surface area contributed by atoms with Crippen LogP contribution >= 0.6 is 11.6 Å². The van der Waals surface area contributed by atoms with E-state index in [1.54, 1.807) is 19.9 Å². The summed E-state index contributed by atoms with van der Waals surface area (Å²) in [7, 11) is 0. The second-order valence-corrected chi connectivity index (χ2v) is 8.39. The summed E-state index contributed by atoms with van der Waals surface area (Å²) in [5.74, 6) is -0.182. The van der Waals surface area contributed by atoms with Gasteiger partial charge in [-0.15, -0.1) is 0 Å². The minimum absolute atomic E-state index is 0.0115. The van der Waals surface area contributed by atoms with Crippen molar-refractivity contribution in [3.05, 3.63) is 86.0 Å². The normalized spacial score (nSPS) is 15.7. The highest BCUT2D eigenvalue weighted by Crippen LogP contribution is 2.41. The number of ether oxygens (including phenoxy) is 3. The van der Waals surface area contributed by atoms with Gasteiger partial charge < -0.3 is 19.9 Å². The molecule has 1 heterocycles. The average molecular weight is 467 g/mol. The summed E-state index contributed by atoms with van der Waals surface area (Å²) in [6.07, 6.45) is 0. The highest BCUT2D eigenvalue weighted by molar-refractivity contribution is 6.30. The number of hydrogen-bond donors (Lipinski definition) is 1. The second-order valence-electron chi connectivity index (χ2n) is 7.95. The van der Waals surface area contributed by atoms with Crippen LogP contribution in [-0.4, -0.2) is 12.6 Å². The van der Waals surface area contributed by atoms with Crippen molar-refractivity contribution in [3.8, 4) is 11.8 Å². The van der Waals surface area contributed by atoms with E-state index in [-0.39, 0.29) is 23.6 Å². The molecule has 6 nitrogen and oxygen atoms in total. The average Bonchev–Trinajstić information content (AvgIpc) is 2.74. The molecule has 0 amide bonds. The van der Waals surface area contributed by atoms with E-state index in [9.17, 15) is 10.1 Å². The van der Waals surface area contributed by atoms with E-state index in [2.05, 4.69) is 6.07 Å². The molecule has 0 aliphatic carbocycles. The molecule has 33 heavy (non-hydrogen) atoms. The number of rotatable bonds is 6. The summed E-state index contributed by atoms with van der Waals surface area (Å²) in [5.41, 5.74) is 11.1. The van der Waals surface area contributed by atoms with Crippen LogP contribution in [0, 0.1) is 32.1 Å². The van der Waals surface area contributed by atoms with Crippen LogP contribution in [0.3, 0.4) is 0 Å². The summed E-state index contributed by atoms with van der Waals surface area (Å²) in [6.45, 7) is 9.76. The second kappa shape index (κ2) is 10.0. The molecule has 0 bridgehead atoms. The first kappa shape index (κ1) is 24.2. The predicted molar refractivity (Wildman–Crippen MR) is 126 cm³/mol. The zero-order valence-corrected chi connectivity index (χ0v) is 20.2. The van der Waals surface area contributed by atoms with Gasteiger partial charge in [-0.2, -0.15) is 5.26 Å². The van der Waals surface area contributed by atoms with Crippen LogP contribution in [0.4, 0.5) is 0 Å². The first-order valence-electron chi connectivity index (χ1n) is 10.6. The molecule has 2 N–H and O–H groups in total. The van der Waals surface area contributed by atoms with E-state index >= 15 is 0 Å². The van der Waals surface area contributed by atoms with Crippen molar-refractivity contribution in [2.24, 2.45) is 5.73 Å². The summed E-state index contributed by atoms with van der Waals surface area (Å²) in [6, 6.07) is 11.6. The molecule has 0 saturated heterocycles. The number of nitriles is 1. The number of nitrogens with zero attached hydrogens (tertiary/aromatic N) is 1. The number of benzene rings is 2. The molecule has 0 unspecified atom stereocenters. The molecule has 0 radical (unpaired) electrons. The minimum Gasteiger partial charge on any atom is -0.489 e. The molecule has 172 valence electrons. The Balaban J connectivity index is 2.06. The lowest BCUT2D eigenvalue weighted by Crippen LogP contribution is -2.26. The zero-order valence-electron chi connectivity index (χ0n) is 19.4. The van der Waals surface area contributed by atoms with Gasteiger partial charge in [-0.1, -0.05) is 23.7 Å². The van der Waals surface area contributed by atoms with Crippen LogP contribution in [0.2, 0.25) is 5.02 Å². The molecule has 0 spiro atoms. The van der Waals surface area contributed by atoms with Crippen LogP contribution in [0.1, 0.15) is 47.6 Å². The van der Waals surface area contributed by atoms with Crippen LogP contribution < -0.4 is 10.5 Å². The summed E-state index contributed by atoms with van der Waals surface area (Å²) >= 11 is 6.05. The molecule has 1 aliphatic rings. The van der Waals surface area contributed by atoms with E-state index in [0.717, 1.165) is 33.6 Å². The first-order valence-corrected chi connectivity index (χ1v) is 11.0. The van der Waals surface area contributed by atoms with E-state index in [1.165, 1.54) is 0 Å². The Kier molecular flexibility index (Phi) is 7.35. The monoisotopic (exact) mass is 466 g/mol. The van der Waals surface area contributed by atoms with Crippen molar-refractivity contribution in [3.63, 3.8) is 0 Å². The SMILES string of the molecule is CCOC(=O)C1=C(C)OC(N)=C(C#N)[C@H]1c1cc(COc2ccc(Cl)cc2C)c(C)cc1C. The fraction of sp³-hybridized carbons (Fsp3) is 0.308. The van der Waals surface area contributed by atoms with Gasteiger partial charge >= 0.3 is 5.97 Å². The van der Waals surface area contributed by atoms with Gasteiger partial charge in [0.25, 0.3) is 0 Å². The fourth-order valence-corrected chi connectivity index (χ4v) is 4.21. The van der Waals surface area contributed by atoms with Crippen LogP contribution in [0.5, 0.6) is 5.75 Å². The topological polar surface area (TPSA) is 94.6 Å². The predicted octanol–water partition coefficient (Wildman–Crippen LogP) is 5.49. The highest BCUT2D eigenvalue weighted by atomic mass is 35.5. The highest BCUT2D eigenvalue weighted by Gasteiger charge is 2.37. The number of halogens is 1. The number of nitrogens with two attached hydrogens (primary N) is 1. The molecule has 2 aromatic rings. The Morgan fingerprint density at radius 3 is 2.52 bits per heavy atom. The van der Waals surface area contributed by atoms with E-state index in [0.29, 0.717) is 17.4 Å². The maximum atomic E-state index is 12.8. The zero-order chi connectivity index (χ0) is 24.3. The number of allylic oxidation sites excluding steroid dienone is 2. The maximum Gasteiger partial charge on any atom is 0.338 e. The molecule has 1 aliphatic heterocycles. The van der Waals surface area contributed by atoms with E-state index < -0.39 is 11.9 Å². The fourth-order valence-electron chi connectivity index (χ4n) is 3.98. The summed E-state index contributed by atoms with van der Waals surface area (Å²) < 4.78 is 16.9. The lowest BCUT2D eigenvalue weighted by molar-refractivity contribution is -0.139. The Morgan fingerprint density at radius 2 is 1.88 bits per heavy atom. The number of carbonyl (C=O) groups is 1. The van der Waals surface area contributed by atoms with Crippen molar-refractivity contribution in [1.29, 1.82) is 5.26 Å². The number of aryl methyl sites for hydroxylation is 3. The summed E-state index contributed by atoms with van der Waals surface area (Å²) in [5, 5.41) is 10.5. The Bertz CT molecular complexity index is 1210. The van der Waals surface area contributed by atoms with Gasteiger partial charge in [0, 0.05) is 5.02 Å². The number of esters is 1. The third-order valence-corrected chi connectivity index (χ3v) is 5.89. The Morgan fingerprint density at radius 1 is 1.15 bits per heavy atom. The smallest absolute Gasteiger partial charge is 0.338 e. The van der Waals surface area contributed by atoms with E-state index in [1.807, 2.05) is 45.0 Å². The first-order chi connectivity index (χ1) is 15.7. The summed E-state index contributed by atoms with van der Waals surface area (Å²) in [4.78, 5) is 12.8. The maximum absolute atomic E-state index is 12.8. The molecule has 0 aromatic heterocycles. The van der Waals surface area contributed by atoms with Crippen molar-refractivity contribution < 1.29 is 19.0 Å². The molecular weight excluding hydrogens is 440 g/mol. The standard InChI is InChI=1S/C26H27ClN2O4/c1-6-31-26(30)23-17(5)33-25(29)21(12-28)24(23)20-11-18(14(2)9-15(20)3)13-32-22-8-7-19(27)10-16(22)4/h7-11,24H,6,13,29H2,1-5H3/t24-/m1/s1. The van der Waals surface area contributed by atoms with Crippen molar-refractivity contribution in [1.82, 2.24) is 0 Å². The van der Waals surface area contributed by atoms with Crippen LogP contribution in [-0.2, 0) is 20.9 Å². The van der Waals surface area contributed by atoms with Crippen molar-refractivity contribution in [2.75, 3.05) is 6.61 Å². The van der Waals surface area contributed by atoms with Gasteiger partial charge in [-0.3, -0.25) is 0 Å². The molecular formula is C26H27ClN2O4. The van der Waals surface area contributed by atoms with Gasteiger partial charge in [0.1, 0.15) is 29.8 Å². The molecule has 0 saturated carbocycles. The van der Waals surface area contributed by atoms with Crippen LogP contribution in [0.15, 0.2) is 53.1 Å². The minimum atomic E-state index is -0.695. The van der Waals surface area contributed by atoms with Gasteiger partial charge in [0.05, 0.1) is 18.1 Å². The van der Waals surface area contributed by atoms with Gasteiger partial charge in [0.2, 0.25) is 5.88 Å². The third kappa shape index (κ3) is 4.99. The Hall–Kier alpha value is -3.43. The molecule has 1 atom stereocenters. The largest absolute Gasteiger partial charge is 0.489 e. The number of hydrogen-bond acceptors (Lipinski definition) is 6. The molecule has 7 heteroatoms. The third-order valence-electron chi connectivity index (χ3n) is 5.66. The van der Waals surface area contributed by atoms with Gasteiger partial charge in [0.15, 0.2) is 0 Å². The number of carbonyl (C=O) groups excluding carboxylic acids is 1. The molecule has 3 rings (SSSR count). The van der Waals surface area contributed by atoms with E-state index in [4.69, 9.17) is 31.5 Å². The lowest BCUT2D eigenvalue weighted by atomic mass is 9.80. The van der Waals surface area contributed by atoms with Crippen LogP contribution in [0.25, 0.3) is 0 Å². The van der Waals surface area contributed by atoms with Crippen molar-refractivity contribution in [2.45, 2.75) is 47.1 Å². The quantitative estimate of drug-likeness (QED) is 0.565. The molecule has 2 aromatic carbocycles. The Labute approximate surface area is 199 Å². The molecule has 0 fully saturated rings. The van der Waals surface area contributed by atoms with Gasteiger partial charge in [-0.05, 0) is 80.6 Å². The van der Waals surface area contributed by atoms with Gasteiger partial charge in [-0.25, -0.2) is 4.79 Å².